The summed E-state index contributed by atoms with van der Waals surface area (Å²) in [4.78, 5) is 33.4. The minimum atomic E-state index is -0.328. The van der Waals surface area contributed by atoms with Crippen LogP contribution < -0.4 is 4.90 Å². The summed E-state index contributed by atoms with van der Waals surface area (Å²) in [5.41, 5.74) is 1.63. The van der Waals surface area contributed by atoms with Crippen molar-refractivity contribution in [2.24, 2.45) is 0 Å². The molecule has 26 heavy (non-hydrogen) atoms. The molecule has 134 valence electrons. The first kappa shape index (κ1) is 16.7. The number of carbonyl (C=O) groups excluding carboxylic acids is 2. The molecule has 2 aliphatic rings. The highest BCUT2D eigenvalue weighted by molar-refractivity contribution is 5.95. The molecule has 0 unspecified atom stereocenters. The maximum atomic E-state index is 13.1. The Morgan fingerprint density at radius 3 is 2.69 bits per heavy atom. The van der Waals surface area contributed by atoms with Gasteiger partial charge in [-0.2, -0.15) is 0 Å². The van der Waals surface area contributed by atoms with Gasteiger partial charge in [0.25, 0.3) is 0 Å². The number of amides is 2. The molecule has 2 amide bonds. The van der Waals surface area contributed by atoms with Gasteiger partial charge in [0.2, 0.25) is 11.8 Å². The summed E-state index contributed by atoms with van der Waals surface area (Å²) in [7, 11) is 0. The fraction of sp³-hybridized carbons (Fsp3) is 0.350. The third kappa shape index (κ3) is 3.45. The Morgan fingerprint density at radius 2 is 1.96 bits per heavy atom. The van der Waals surface area contributed by atoms with Crippen molar-refractivity contribution in [2.75, 3.05) is 11.4 Å². The summed E-state index contributed by atoms with van der Waals surface area (Å²) in [6.45, 7) is 0.805. The monoisotopic (exact) mass is 353 g/mol. The van der Waals surface area contributed by atoms with E-state index in [4.69, 9.17) is 0 Å². The lowest BCUT2D eigenvalue weighted by Crippen LogP contribution is -2.42. The van der Waals surface area contributed by atoms with Crippen molar-refractivity contribution in [3.05, 3.63) is 59.5 Å². The quantitative estimate of drug-likeness (QED) is 0.853. The molecular weight excluding hydrogens is 333 g/mol. The largest absolute Gasteiger partial charge is 0.335 e. The van der Waals surface area contributed by atoms with Crippen LogP contribution in [0.15, 0.2) is 42.6 Å². The number of pyridine rings is 1. The Labute approximate surface area is 151 Å². The van der Waals surface area contributed by atoms with Crippen molar-refractivity contribution in [3.63, 3.8) is 0 Å². The fourth-order valence-electron chi connectivity index (χ4n) is 3.36. The zero-order valence-electron chi connectivity index (χ0n) is 14.4. The van der Waals surface area contributed by atoms with Crippen molar-refractivity contribution in [1.82, 2.24) is 9.88 Å². The van der Waals surface area contributed by atoms with Gasteiger partial charge in [0.05, 0.1) is 6.42 Å². The van der Waals surface area contributed by atoms with Gasteiger partial charge in [0.15, 0.2) is 0 Å². The molecule has 1 fully saturated rings. The highest BCUT2D eigenvalue weighted by Crippen LogP contribution is 2.32. The Kier molecular flexibility index (Phi) is 4.41. The van der Waals surface area contributed by atoms with E-state index in [9.17, 15) is 14.0 Å². The van der Waals surface area contributed by atoms with Gasteiger partial charge in [-0.3, -0.25) is 14.5 Å². The van der Waals surface area contributed by atoms with Crippen LogP contribution in [-0.2, 0) is 22.6 Å². The predicted octanol–water partition coefficient (Wildman–Crippen LogP) is 2.69. The van der Waals surface area contributed by atoms with Crippen LogP contribution >= 0.6 is 0 Å². The summed E-state index contributed by atoms with van der Waals surface area (Å²) in [6.07, 6.45) is 4.21. The Balaban J connectivity index is 1.60. The number of anilines is 1. The molecule has 4 rings (SSSR count). The van der Waals surface area contributed by atoms with Crippen LogP contribution in [0, 0.1) is 5.82 Å². The number of hydrogen-bond donors (Lipinski definition) is 0. The summed E-state index contributed by atoms with van der Waals surface area (Å²) in [5, 5.41) is 0. The maximum absolute atomic E-state index is 13.1. The van der Waals surface area contributed by atoms with E-state index in [1.165, 1.54) is 12.1 Å². The summed E-state index contributed by atoms with van der Waals surface area (Å²) >= 11 is 0. The van der Waals surface area contributed by atoms with Crippen molar-refractivity contribution in [3.8, 4) is 0 Å². The van der Waals surface area contributed by atoms with Gasteiger partial charge in [0, 0.05) is 37.3 Å². The number of hydrogen-bond acceptors (Lipinski definition) is 3. The molecule has 2 heterocycles. The summed E-state index contributed by atoms with van der Waals surface area (Å²) in [6, 6.07) is 10.00. The average Bonchev–Trinajstić information content (AvgIpc) is 3.46. The van der Waals surface area contributed by atoms with Crippen molar-refractivity contribution < 1.29 is 14.0 Å². The topological polar surface area (TPSA) is 53.5 Å². The molecule has 6 heteroatoms. The van der Waals surface area contributed by atoms with Crippen molar-refractivity contribution >= 4 is 17.6 Å². The lowest BCUT2D eigenvalue weighted by Gasteiger charge is -2.31. The van der Waals surface area contributed by atoms with Gasteiger partial charge in [-0.25, -0.2) is 9.37 Å². The molecule has 1 aliphatic carbocycles. The van der Waals surface area contributed by atoms with E-state index in [2.05, 4.69) is 4.98 Å². The Morgan fingerprint density at radius 1 is 1.19 bits per heavy atom. The van der Waals surface area contributed by atoms with Crippen LogP contribution in [0.1, 0.15) is 30.4 Å². The molecule has 1 aromatic carbocycles. The lowest BCUT2D eigenvalue weighted by molar-refractivity contribution is -0.132. The molecule has 5 nitrogen and oxygen atoms in total. The first-order valence-electron chi connectivity index (χ1n) is 8.90. The highest BCUT2D eigenvalue weighted by Gasteiger charge is 2.35. The smallest absolute Gasteiger partial charge is 0.232 e. The molecule has 0 saturated heterocycles. The number of nitrogens with zero attached hydrogens (tertiary/aromatic N) is 3. The zero-order chi connectivity index (χ0) is 18.1. The number of carbonyl (C=O) groups is 2. The summed E-state index contributed by atoms with van der Waals surface area (Å²) in [5.74, 6) is 0.244. The second kappa shape index (κ2) is 6.86. The first-order valence-corrected chi connectivity index (χ1v) is 8.90. The minimum absolute atomic E-state index is 0.0848. The number of aromatic nitrogens is 1. The van der Waals surface area contributed by atoms with E-state index >= 15 is 0 Å². The van der Waals surface area contributed by atoms with Crippen LogP contribution in [0.2, 0.25) is 0 Å². The highest BCUT2D eigenvalue weighted by atomic mass is 19.1. The van der Waals surface area contributed by atoms with E-state index < -0.39 is 0 Å². The molecule has 0 bridgehead atoms. The molecular formula is C20H20FN3O2. The van der Waals surface area contributed by atoms with Gasteiger partial charge in [-0.15, -0.1) is 0 Å². The fourth-order valence-corrected chi connectivity index (χ4v) is 3.36. The normalized spacial score (nSPS) is 17.5. The third-order valence-electron chi connectivity index (χ3n) is 4.89. The SMILES string of the molecule is O=C(Cc1ccc(F)cc1)N1CCC(=O)N(C2CC2)Cc2cccnc21. The number of halogens is 1. The van der Waals surface area contributed by atoms with Crippen LogP contribution in [0.5, 0.6) is 0 Å². The molecule has 1 aromatic heterocycles. The van der Waals surface area contributed by atoms with Crippen molar-refractivity contribution in [2.45, 2.75) is 38.3 Å². The standard InChI is InChI=1S/C20H20FN3O2/c21-16-5-3-14(4-6-16)12-19(26)23-11-9-18(25)24(17-7-8-17)13-15-2-1-10-22-20(15)23/h1-6,10,17H,7-9,11-13H2. The van der Waals surface area contributed by atoms with Gasteiger partial charge < -0.3 is 4.90 Å². The Bertz CT molecular complexity index is 833. The van der Waals surface area contributed by atoms with Crippen LogP contribution in [-0.4, -0.2) is 34.3 Å². The molecule has 0 atom stereocenters. The molecule has 2 aromatic rings. The van der Waals surface area contributed by atoms with Gasteiger partial charge >= 0.3 is 0 Å². The molecule has 0 spiro atoms. The predicted molar refractivity (Wildman–Crippen MR) is 94.9 cm³/mol. The van der Waals surface area contributed by atoms with E-state index in [1.54, 1.807) is 23.2 Å². The summed E-state index contributed by atoms with van der Waals surface area (Å²) < 4.78 is 13.1. The van der Waals surface area contributed by atoms with Crippen molar-refractivity contribution in [1.29, 1.82) is 0 Å². The van der Waals surface area contributed by atoms with Gasteiger partial charge in [-0.05, 0) is 36.6 Å². The van der Waals surface area contributed by atoms with Crippen LogP contribution in [0.4, 0.5) is 10.2 Å². The molecule has 0 N–H and O–H groups in total. The Hall–Kier alpha value is -2.76. The first-order chi connectivity index (χ1) is 12.6. The average molecular weight is 353 g/mol. The maximum Gasteiger partial charge on any atom is 0.232 e. The van der Waals surface area contributed by atoms with Gasteiger partial charge in [-0.1, -0.05) is 18.2 Å². The lowest BCUT2D eigenvalue weighted by atomic mass is 10.1. The van der Waals surface area contributed by atoms with Gasteiger partial charge in [0.1, 0.15) is 11.6 Å². The second-order valence-corrected chi connectivity index (χ2v) is 6.84. The van der Waals surface area contributed by atoms with Crippen LogP contribution in [0.25, 0.3) is 0 Å². The van der Waals surface area contributed by atoms with E-state index in [0.29, 0.717) is 31.4 Å². The zero-order valence-corrected chi connectivity index (χ0v) is 14.4. The number of rotatable bonds is 3. The van der Waals surface area contributed by atoms with Crippen LogP contribution in [0.3, 0.4) is 0 Å². The molecule has 0 radical (unpaired) electrons. The van der Waals surface area contributed by atoms with E-state index in [-0.39, 0.29) is 24.1 Å². The number of fused-ring (bicyclic) bond motifs is 1. The molecule has 1 aliphatic heterocycles. The second-order valence-electron chi connectivity index (χ2n) is 6.84. The minimum Gasteiger partial charge on any atom is -0.335 e. The third-order valence-corrected chi connectivity index (χ3v) is 4.89. The van der Waals surface area contributed by atoms with E-state index in [0.717, 1.165) is 24.0 Å². The number of benzene rings is 1. The van der Waals surface area contributed by atoms with E-state index in [1.807, 2.05) is 17.0 Å². The molecule has 1 saturated carbocycles.